The summed E-state index contributed by atoms with van der Waals surface area (Å²) in [4.78, 5) is 16.1. The van der Waals surface area contributed by atoms with Crippen molar-refractivity contribution in [1.29, 1.82) is 0 Å². The van der Waals surface area contributed by atoms with E-state index in [9.17, 15) is 4.79 Å². The fraction of sp³-hybridized carbons (Fsp3) is 0.923. The van der Waals surface area contributed by atoms with Gasteiger partial charge in [0.25, 0.3) is 0 Å². The summed E-state index contributed by atoms with van der Waals surface area (Å²) in [6.45, 7) is 6.93. The van der Waals surface area contributed by atoms with Crippen LogP contribution in [0.25, 0.3) is 0 Å². The van der Waals surface area contributed by atoms with Crippen molar-refractivity contribution in [2.24, 2.45) is 5.92 Å². The first kappa shape index (κ1) is 14.5. The van der Waals surface area contributed by atoms with E-state index in [0.29, 0.717) is 18.2 Å². The molecule has 0 aliphatic carbocycles. The molecule has 1 aliphatic rings. The average molecular weight is 241 g/mol. The summed E-state index contributed by atoms with van der Waals surface area (Å²) in [5.74, 6) is 0.999. The van der Waals surface area contributed by atoms with Crippen molar-refractivity contribution >= 4 is 5.91 Å². The molecule has 100 valence electrons. The van der Waals surface area contributed by atoms with Gasteiger partial charge in [-0.15, -0.1) is 0 Å². The summed E-state index contributed by atoms with van der Waals surface area (Å²) in [6, 6.07) is 0. The van der Waals surface area contributed by atoms with Crippen LogP contribution in [0, 0.1) is 5.92 Å². The predicted molar refractivity (Wildman–Crippen MR) is 71.0 cm³/mol. The van der Waals surface area contributed by atoms with E-state index < -0.39 is 0 Å². The lowest BCUT2D eigenvalue weighted by atomic mass is 9.97. The fourth-order valence-corrected chi connectivity index (χ4v) is 2.26. The smallest absolute Gasteiger partial charge is 0.223 e. The molecule has 1 saturated heterocycles. The molecule has 1 aliphatic heterocycles. The maximum atomic E-state index is 12.0. The molecule has 0 aromatic heterocycles. The van der Waals surface area contributed by atoms with E-state index >= 15 is 0 Å². The highest BCUT2D eigenvalue weighted by atomic mass is 16.2. The van der Waals surface area contributed by atoms with Gasteiger partial charge < -0.3 is 15.1 Å². The van der Waals surface area contributed by atoms with E-state index in [1.165, 1.54) is 12.8 Å². The van der Waals surface area contributed by atoms with Gasteiger partial charge in [-0.2, -0.15) is 0 Å². The van der Waals surface area contributed by atoms with Crippen molar-refractivity contribution in [3.05, 3.63) is 0 Å². The van der Waals surface area contributed by atoms with Crippen molar-refractivity contribution < 1.29 is 4.79 Å². The van der Waals surface area contributed by atoms with Gasteiger partial charge in [0.15, 0.2) is 0 Å². The first-order chi connectivity index (χ1) is 8.13. The van der Waals surface area contributed by atoms with Crippen LogP contribution in [0.15, 0.2) is 0 Å². The summed E-state index contributed by atoms with van der Waals surface area (Å²) in [5, 5.41) is 3.37. The minimum atomic E-state index is 0.305. The second-order valence-electron chi connectivity index (χ2n) is 5.18. The molecule has 0 unspecified atom stereocenters. The lowest BCUT2D eigenvalue weighted by Gasteiger charge is -2.29. The van der Waals surface area contributed by atoms with E-state index in [-0.39, 0.29) is 0 Å². The third-order valence-corrected chi connectivity index (χ3v) is 3.44. The second-order valence-corrected chi connectivity index (χ2v) is 5.18. The van der Waals surface area contributed by atoms with Crippen molar-refractivity contribution in [3.63, 3.8) is 0 Å². The molecule has 4 nitrogen and oxygen atoms in total. The van der Waals surface area contributed by atoms with Crippen molar-refractivity contribution in [3.8, 4) is 0 Å². The van der Waals surface area contributed by atoms with Gasteiger partial charge in [-0.05, 0) is 52.9 Å². The van der Waals surface area contributed by atoms with Crippen LogP contribution in [0.4, 0.5) is 0 Å². The summed E-state index contributed by atoms with van der Waals surface area (Å²) in [5.41, 5.74) is 0. The molecule has 1 rings (SSSR count). The van der Waals surface area contributed by atoms with Crippen LogP contribution in [0.3, 0.4) is 0 Å². The molecule has 1 heterocycles. The highest BCUT2D eigenvalue weighted by molar-refractivity contribution is 5.76. The van der Waals surface area contributed by atoms with Crippen molar-refractivity contribution in [2.45, 2.75) is 26.2 Å². The molecule has 0 radical (unpaired) electrons. The largest absolute Gasteiger partial charge is 0.343 e. The molecule has 0 saturated carbocycles. The fourth-order valence-electron chi connectivity index (χ4n) is 2.26. The summed E-state index contributed by atoms with van der Waals surface area (Å²) < 4.78 is 0. The van der Waals surface area contributed by atoms with Gasteiger partial charge >= 0.3 is 0 Å². The number of rotatable bonds is 6. The number of amides is 1. The minimum Gasteiger partial charge on any atom is -0.343 e. The number of carbonyl (C=O) groups excluding carboxylic acids is 1. The lowest BCUT2D eigenvalue weighted by Crippen LogP contribution is -2.40. The average Bonchev–Trinajstić information content (AvgIpc) is 2.34. The topological polar surface area (TPSA) is 35.6 Å². The van der Waals surface area contributed by atoms with Gasteiger partial charge in [0.2, 0.25) is 5.91 Å². The molecule has 1 amide bonds. The molecule has 0 aromatic rings. The normalized spacial score (nSPS) is 17.4. The standard InChI is InChI=1S/C13H27N3O/c1-4-16(13(17)7-10-15(2)3)11-12-5-8-14-9-6-12/h12,14H,4-11H2,1-3H3. The molecule has 0 aromatic carbocycles. The van der Waals surface area contributed by atoms with Gasteiger partial charge in [0.05, 0.1) is 0 Å². The van der Waals surface area contributed by atoms with Crippen LogP contribution in [-0.4, -0.2) is 62.5 Å². The predicted octanol–water partition coefficient (Wildman–Crippen LogP) is 0.786. The molecule has 17 heavy (non-hydrogen) atoms. The Hall–Kier alpha value is -0.610. The number of piperidine rings is 1. The molecular weight excluding hydrogens is 214 g/mol. The number of carbonyl (C=O) groups is 1. The number of hydrogen-bond donors (Lipinski definition) is 1. The maximum Gasteiger partial charge on any atom is 0.223 e. The Bertz CT molecular complexity index is 225. The molecule has 1 fully saturated rings. The Morgan fingerprint density at radius 3 is 2.47 bits per heavy atom. The number of hydrogen-bond acceptors (Lipinski definition) is 3. The van der Waals surface area contributed by atoms with Crippen LogP contribution in [-0.2, 0) is 4.79 Å². The molecule has 0 spiro atoms. The molecular formula is C13H27N3O. The van der Waals surface area contributed by atoms with Crippen LogP contribution in [0.1, 0.15) is 26.2 Å². The Morgan fingerprint density at radius 2 is 1.94 bits per heavy atom. The van der Waals surface area contributed by atoms with Gasteiger partial charge in [-0.25, -0.2) is 0 Å². The summed E-state index contributed by atoms with van der Waals surface area (Å²) >= 11 is 0. The first-order valence-electron chi connectivity index (χ1n) is 6.76. The van der Waals surface area contributed by atoms with Crippen LogP contribution in [0.5, 0.6) is 0 Å². The van der Waals surface area contributed by atoms with Crippen molar-refractivity contribution in [1.82, 2.24) is 15.1 Å². The summed E-state index contributed by atoms with van der Waals surface area (Å²) in [7, 11) is 4.02. The highest BCUT2D eigenvalue weighted by Gasteiger charge is 2.19. The Morgan fingerprint density at radius 1 is 1.29 bits per heavy atom. The third-order valence-electron chi connectivity index (χ3n) is 3.44. The van der Waals surface area contributed by atoms with Gasteiger partial charge in [-0.3, -0.25) is 4.79 Å². The number of nitrogens with zero attached hydrogens (tertiary/aromatic N) is 2. The SMILES string of the molecule is CCN(CC1CCNCC1)C(=O)CCN(C)C. The first-order valence-corrected chi connectivity index (χ1v) is 6.76. The zero-order valence-corrected chi connectivity index (χ0v) is 11.5. The maximum absolute atomic E-state index is 12.0. The minimum absolute atomic E-state index is 0.305. The second kappa shape index (κ2) is 7.67. The van der Waals surface area contributed by atoms with E-state index in [1.54, 1.807) is 0 Å². The van der Waals surface area contributed by atoms with E-state index in [4.69, 9.17) is 0 Å². The van der Waals surface area contributed by atoms with E-state index in [1.807, 2.05) is 19.0 Å². The Balaban J connectivity index is 2.32. The van der Waals surface area contributed by atoms with Crippen LogP contribution >= 0.6 is 0 Å². The third kappa shape index (κ3) is 5.50. The van der Waals surface area contributed by atoms with Gasteiger partial charge in [0.1, 0.15) is 0 Å². The zero-order chi connectivity index (χ0) is 12.7. The Labute approximate surface area is 105 Å². The van der Waals surface area contributed by atoms with E-state index in [2.05, 4.69) is 17.1 Å². The van der Waals surface area contributed by atoms with Crippen LogP contribution in [0.2, 0.25) is 0 Å². The Kier molecular flexibility index (Phi) is 6.52. The lowest BCUT2D eigenvalue weighted by molar-refractivity contribution is -0.132. The summed E-state index contributed by atoms with van der Waals surface area (Å²) in [6.07, 6.45) is 3.06. The monoisotopic (exact) mass is 241 g/mol. The molecule has 1 N–H and O–H groups in total. The van der Waals surface area contributed by atoms with Crippen molar-refractivity contribution in [2.75, 3.05) is 46.8 Å². The van der Waals surface area contributed by atoms with E-state index in [0.717, 1.165) is 32.7 Å². The molecule has 0 bridgehead atoms. The zero-order valence-electron chi connectivity index (χ0n) is 11.5. The van der Waals surface area contributed by atoms with Gasteiger partial charge in [-0.1, -0.05) is 0 Å². The molecule has 0 atom stereocenters. The number of nitrogens with one attached hydrogen (secondary N) is 1. The quantitative estimate of drug-likeness (QED) is 0.747. The molecule has 4 heteroatoms. The van der Waals surface area contributed by atoms with Gasteiger partial charge in [0, 0.05) is 26.1 Å². The highest BCUT2D eigenvalue weighted by Crippen LogP contribution is 2.13. The van der Waals surface area contributed by atoms with Crippen LogP contribution < -0.4 is 5.32 Å².